The van der Waals surface area contributed by atoms with Crippen LogP contribution in [0.1, 0.15) is 22.3 Å². The van der Waals surface area contributed by atoms with Crippen LogP contribution in [-0.2, 0) is 12.4 Å². The zero-order chi connectivity index (χ0) is 30.1. The fourth-order valence-corrected chi connectivity index (χ4v) is 5.75. The Labute approximate surface area is 247 Å². The van der Waals surface area contributed by atoms with Crippen LogP contribution in [0.5, 0.6) is 0 Å². The minimum atomic E-state index is -4.99. The number of benzene rings is 1. The number of aryl methyl sites for hydroxylation is 2. The van der Waals surface area contributed by atoms with Crippen LogP contribution in [0, 0.1) is 13.8 Å². The van der Waals surface area contributed by atoms with Gasteiger partial charge in [-0.25, -0.2) is 24.9 Å². The monoisotopic (exact) mass is 637 g/mol. The van der Waals surface area contributed by atoms with Gasteiger partial charge in [0.25, 0.3) is 0 Å². The highest BCUT2D eigenvalue weighted by molar-refractivity contribution is 8.00. The number of hydrogen-bond donors (Lipinski definition) is 1. The van der Waals surface area contributed by atoms with E-state index >= 15 is 0 Å². The number of pyridine rings is 2. The Morgan fingerprint density at radius 3 is 1.64 bits per heavy atom. The molecule has 0 aliphatic rings. The van der Waals surface area contributed by atoms with Crippen molar-refractivity contribution >= 4 is 35.3 Å². The fourth-order valence-electron chi connectivity index (χ4n) is 3.37. The Kier molecular flexibility index (Phi) is 8.48. The maximum atomic E-state index is 13.3. The summed E-state index contributed by atoms with van der Waals surface area (Å²) in [7, 11) is 0. The summed E-state index contributed by atoms with van der Waals surface area (Å²) in [5.41, 5.74) is -1.35. The minimum absolute atomic E-state index is 0.0310. The fraction of sp³-hybridized carbons (Fsp3) is 0.154. The quantitative estimate of drug-likeness (QED) is 0.108. The van der Waals surface area contributed by atoms with Gasteiger partial charge in [-0.05, 0) is 90.6 Å². The topological polar surface area (TPSA) is 93.1 Å². The minimum Gasteiger partial charge on any atom is -0.258 e. The molecule has 7 nitrogen and oxygen atoms in total. The molecule has 0 spiro atoms. The molecule has 4 aromatic heterocycles. The zero-order valence-corrected chi connectivity index (χ0v) is 23.9. The molecule has 0 unspecified atom stereocenters. The van der Waals surface area contributed by atoms with Crippen LogP contribution in [0.15, 0.2) is 91.3 Å². The highest BCUT2D eigenvalue weighted by Gasteiger charge is 2.37. The Morgan fingerprint density at radius 1 is 0.595 bits per heavy atom. The average Bonchev–Trinajstić information content (AvgIpc) is 3.38. The predicted octanol–water partition coefficient (Wildman–Crippen LogP) is 8.16. The Balaban J connectivity index is 1.46. The van der Waals surface area contributed by atoms with E-state index in [4.69, 9.17) is 0 Å². The second kappa shape index (κ2) is 11.9. The molecule has 16 heteroatoms. The van der Waals surface area contributed by atoms with E-state index in [2.05, 4.69) is 35.1 Å². The average molecular weight is 638 g/mol. The molecule has 0 saturated heterocycles. The molecule has 4 heterocycles. The highest BCUT2D eigenvalue weighted by atomic mass is 32.2. The largest absolute Gasteiger partial charge is 0.416 e. The van der Waals surface area contributed by atoms with E-state index in [-0.39, 0.29) is 17.0 Å². The van der Waals surface area contributed by atoms with Crippen LogP contribution < -0.4 is 0 Å². The molecule has 42 heavy (non-hydrogen) atoms. The zero-order valence-electron chi connectivity index (χ0n) is 21.4. The number of nitrogens with zero attached hydrogens (tertiary/aromatic N) is 6. The first kappa shape index (κ1) is 29.8. The molecule has 0 fully saturated rings. The predicted molar refractivity (Wildman–Crippen MR) is 144 cm³/mol. The maximum absolute atomic E-state index is 13.3. The lowest BCUT2D eigenvalue weighted by Crippen LogP contribution is -2.11. The van der Waals surface area contributed by atoms with Gasteiger partial charge in [0.1, 0.15) is 20.1 Å². The van der Waals surface area contributed by atoms with Crippen molar-refractivity contribution in [2.24, 2.45) is 0 Å². The van der Waals surface area contributed by atoms with Crippen molar-refractivity contribution in [3.8, 4) is 11.4 Å². The third-order valence-electron chi connectivity index (χ3n) is 5.35. The number of rotatable bonds is 7. The SMILES string of the molecule is Cc1ccc(Sc2cc(Sc3n[nH]c(-c4cc(C(F)(F)F)cc(C(F)(F)F)c4)n3)nc(Sc3ccc(C)cn3)n2)nc1. The third-order valence-corrected chi connectivity index (χ3v) is 7.82. The lowest BCUT2D eigenvalue weighted by atomic mass is 10.0. The first-order valence-corrected chi connectivity index (χ1v) is 14.3. The number of H-pyrrole nitrogens is 1. The molecule has 0 aliphatic heterocycles. The highest BCUT2D eigenvalue weighted by Crippen LogP contribution is 2.39. The number of alkyl halides is 6. The van der Waals surface area contributed by atoms with Crippen molar-refractivity contribution in [3.63, 3.8) is 0 Å². The lowest BCUT2D eigenvalue weighted by molar-refractivity contribution is -0.143. The van der Waals surface area contributed by atoms with Crippen molar-refractivity contribution in [1.29, 1.82) is 0 Å². The van der Waals surface area contributed by atoms with Crippen molar-refractivity contribution in [2.75, 3.05) is 0 Å². The molecule has 216 valence electrons. The number of hydrogen-bond acceptors (Lipinski definition) is 9. The van der Waals surface area contributed by atoms with Crippen LogP contribution in [0.4, 0.5) is 26.3 Å². The standard InChI is InChI=1S/C26H17F6N7S3/c1-13-3-5-18(33-11-13)40-20-10-21(36-23(35-20)41-19-6-4-14(2)12-34-19)42-24-37-22(38-39-24)15-7-16(25(27,28)29)9-17(8-15)26(30,31)32/h3-12H,1-2H3,(H,37,38,39). The Hall–Kier alpha value is -3.63. The summed E-state index contributed by atoms with van der Waals surface area (Å²) in [5.74, 6) is -0.264. The summed E-state index contributed by atoms with van der Waals surface area (Å²) in [6.45, 7) is 3.83. The molecule has 1 aromatic carbocycles. The molecule has 0 aliphatic carbocycles. The molecule has 1 N–H and O–H groups in total. The van der Waals surface area contributed by atoms with E-state index in [1.807, 2.05) is 38.1 Å². The second-order valence-corrected chi connectivity index (χ2v) is 11.8. The molecular weight excluding hydrogens is 621 g/mol. The molecule has 0 saturated carbocycles. The molecule has 0 radical (unpaired) electrons. The first-order chi connectivity index (χ1) is 19.8. The van der Waals surface area contributed by atoms with Gasteiger partial charge >= 0.3 is 12.4 Å². The molecule has 0 bridgehead atoms. The van der Waals surface area contributed by atoms with Crippen molar-refractivity contribution < 1.29 is 26.3 Å². The summed E-state index contributed by atoms with van der Waals surface area (Å²) in [5, 5.41) is 9.07. The van der Waals surface area contributed by atoms with E-state index in [0.29, 0.717) is 37.4 Å². The van der Waals surface area contributed by atoms with Crippen LogP contribution in [0.2, 0.25) is 0 Å². The third kappa shape index (κ3) is 7.60. The maximum Gasteiger partial charge on any atom is 0.416 e. The summed E-state index contributed by atoms with van der Waals surface area (Å²) in [6.07, 6.45) is -6.55. The number of halogens is 6. The molecular formula is C26H17F6N7S3. The van der Waals surface area contributed by atoms with Gasteiger partial charge in [0.2, 0.25) is 5.16 Å². The van der Waals surface area contributed by atoms with E-state index < -0.39 is 29.0 Å². The van der Waals surface area contributed by atoms with E-state index in [1.165, 1.54) is 23.5 Å². The number of nitrogens with one attached hydrogen (secondary N) is 1. The van der Waals surface area contributed by atoms with Gasteiger partial charge in [-0.2, -0.15) is 26.3 Å². The molecule has 5 aromatic rings. The summed E-state index contributed by atoms with van der Waals surface area (Å²) in [6, 6.07) is 10.4. The van der Waals surface area contributed by atoms with Crippen molar-refractivity contribution in [2.45, 2.75) is 56.6 Å². The number of aromatic nitrogens is 7. The second-order valence-electron chi connectivity index (χ2n) is 8.74. The lowest BCUT2D eigenvalue weighted by Gasteiger charge is -2.13. The normalized spacial score (nSPS) is 12.1. The summed E-state index contributed by atoms with van der Waals surface area (Å²) in [4.78, 5) is 22.0. The van der Waals surface area contributed by atoms with E-state index in [9.17, 15) is 26.3 Å². The van der Waals surface area contributed by atoms with Crippen molar-refractivity contribution in [3.05, 3.63) is 83.2 Å². The van der Waals surface area contributed by atoms with Gasteiger partial charge in [-0.1, -0.05) is 12.1 Å². The van der Waals surface area contributed by atoms with Gasteiger partial charge in [0.15, 0.2) is 11.0 Å². The first-order valence-electron chi connectivity index (χ1n) is 11.8. The Bertz CT molecular complexity index is 1610. The van der Waals surface area contributed by atoms with Crippen LogP contribution in [0.3, 0.4) is 0 Å². The van der Waals surface area contributed by atoms with E-state index in [1.54, 1.807) is 18.5 Å². The number of aromatic amines is 1. The summed E-state index contributed by atoms with van der Waals surface area (Å²) >= 11 is 3.46. The van der Waals surface area contributed by atoms with Gasteiger partial charge in [0.05, 0.1) is 11.1 Å². The molecule has 0 atom stereocenters. The van der Waals surface area contributed by atoms with Crippen LogP contribution >= 0.6 is 35.3 Å². The van der Waals surface area contributed by atoms with Gasteiger partial charge < -0.3 is 0 Å². The Morgan fingerprint density at radius 2 is 1.12 bits per heavy atom. The van der Waals surface area contributed by atoms with Gasteiger partial charge in [-0.15, -0.1) is 5.10 Å². The smallest absolute Gasteiger partial charge is 0.258 e. The molecule has 5 rings (SSSR count). The van der Waals surface area contributed by atoms with Gasteiger partial charge in [0, 0.05) is 24.0 Å². The van der Waals surface area contributed by atoms with Gasteiger partial charge in [-0.3, -0.25) is 5.10 Å². The molecule has 0 amide bonds. The van der Waals surface area contributed by atoms with Crippen LogP contribution in [-0.4, -0.2) is 35.1 Å². The van der Waals surface area contributed by atoms with Crippen LogP contribution in [0.25, 0.3) is 11.4 Å². The van der Waals surface area contributed by atoms with Crippen molar-refractivity contribution in [1.82, 2.24) is 35.1 Å². The van der Waals surface area contributed by atoms with E-state index in [0.717, 1.165) is 22.9 Å². The summed E-state index contributed by atoms with van der Waals surface area (Å²) < 4.78 is 80.0.